The maximum absolute atomic E-state index is 11.9. The Morgan fingerprint density at radius 1 is 1.43 bits per heavy atom. The van der Waals surface area contributed by atoms with Crippen molar-refractivity contribution >= 4 is 36.3 Å². The molecule has 0 fully saturated rings. The molecule has 1 aromatic heterocycles. The van der Waals surface area contributed by atoms with E-state index in [2.05, 4.69) is 37.8 Å². The second kappa shape index (κ2) is 7.15. The van der Waals surface area contributed by atoms with Crippen molar-refractivity contribution in [2.24, 2.45) is 5.10 Å². The summed E-state index contributed by atoms with van der Waals surface area (Å²) in [6, 6.07) is 1.68. The summed E-state index contributed by atoms with van der Waals surface area (Å²) in [5.41, 5.74) is 2.26. The third-order valence-corrected chi connectivity index (χ3v) is 2.96. The molecule has 0 saturated heterocycles. The molecular formula is C13H18N6O3S. The van der Waals surface area contributed by atoms with E-state index in [-0.39, 0.29) is 17.1 Å². The Balaban J connectivity index is 3.25. The van der Waals surface area contributed by atoms with Gasteiger partial charge in [-0.3, -0.25) is 15.3 Å². The van der Waals surface area contributed by atoms with E-state index in [0.29, 0.717) is 5.69 Å². The van der Waals surface area contributed by atoms with Crippen LogP contribution in [0.4, 0.5) is 5.82 Å². The second-order valence-electron chi connectivity index (χ2n) is 5.83. The van der Waals surface area contributed by atoms with Crippen LogP contribution in [0.1, 0.15) is 36.8 Å². The molecule has 0 radical (unpaired) electrons. The number of thiol groups is 1. The highest BCUT2D eigenvalue weighted by atomic mass is 32.1. The quantitative estimate of drug-likeness (QED) is 0.327. The lowest BCUT2D eigenvalue weighted by Gasteiger charge is -2.17. The van der Waals surface area contributed by atoms with Crippen LogP contribution < -0.4 is 5.43 Å². The summed E-state index contributed by atoms with van der Waals surface area (Å²) in [7, 11) is 2.98. The zero-order valence-corrected chi connectivity index (χ0v) is 14.4. The highest BCUT2D eigenvalue weighted by Crippen LogP contribution is 2.29. The lowest BCUT2D eigenvalue weighted by molar-refractivity contribution is -0.121. The van der Waals surface area contributed by atoms with Gasteiger partial charge in [0.2, 0.25) is 5.71 Å². The van der Waals surface area contributed by atoms with Crippen molar-refractivity contribution in [2.45, 2.75) is 26.2 Å². The lowest BCUT2D eigenvalue weighted by atomic mass is 9.89. The Bertz CT molecular complexity index is 681. The van der Waals surface area contributed by atoms with Gasteiger partial charge < -0.3 is 9.08 Å². The van der Waals surface area contributed by atoms with Crippen molar-refractivity contribution < 1.29 is 13.8 Å². The third-order valence-electron chi connectivity index (χ3n) is 2.79. The van der Waals surface area contributed by atoms with Gasteiger partial charge in [0.15, 0.2) is 5.82 Å². The van der Waals surface area contributed by atoms with E-state index in [1.165, 1.54) is 19.0 Å². The van der Waals surface area contributed by atoms with Gasteiger partial charge in [-0.05, 0) is 0 Å². The van der Waals surface area contributed by atoms with Gasteiger partial charge in [0, 0.05) is 32.4 Å². The van der Waals surface area contributed by atoms with Crippen LogP contribution in [0.2, 0.25) is 0 Å². The van der Waals surface area contributed by atoms with Crippen LogP contribution >= 0.6 is 12.9 Å². The fourth-order valence-electron chi connectivity index (χ4n) is 1.65. The molecule has 0 unspecified atom stereocenters. The van der Waals surface area contributed by atoms with Gasteiger partial charge in [-0.2, -0.15) is 15.5 Å². The molecule has 1 aromatic rings. The molecular weight excluding hydrogens is 320 g/mol. The van der Waals surface area contributed by atoms with E-state index in [1.807, 2.05) is 20.8 Å². The summed E-state index contributed by atoms with van der Waals surface area (Å²) in [6.07, 6.45) is 0. The largest absolute Gasteiger partial charge is 0.391 e. The molecule has 0 bridgehead atoms. The molecule has 1 amide bonds. The number of nitriles is 1. The molecule has 0 saturated carbocycles. The smallest absolute Gasteiger partial charge is 0.355 e. The molecule has 9 nitrogen and oxygen atoms in total. The van der Waals surface area contributed by atoms with E-state index in [1.54, 1.807) is 6.07 Å². The topological polar surface area (TPSA) is 123 Å². The molecule has 23 heavy (non-hydrogen) atoms. The molecule has 1 heterocycles. The van der Waals surface area contributed by atoms with Crippen molar-refractivity contribution in [3.8, 4) is 6.07 Å². The van der Waals surface area contributed by atoms with Crippen molar-refractivity contribution in [1.82, 2.24) is 15.1 Å². The van der Waals surface area contributed by atoms with E-state index in [0.717, 1.165) is 0 Å². The maximum atomic E-state index is 11.9. The van der Waals surface area contributed by atoms with Crippen LogP contribution in [0.3, 0.4) is 0 Å². The van der Waals surface area contributed by atoms with E-state index < -0.39 is 17.3 Å². The second-order valence-corrected chi connectivity index (χ2v) is 6.02. The monoisotopic (exact) mass is 338 g/mol. The number of hydrogen-bond donors (Lipinski definition) is 3. The van der Waals surface area contributed by atoms with Gasteiger partial charge in [-0.1, -0.05) is 20.8 Å². The van der Waals surface area contributed by atoms with Crippen LogP contribution in [0.5, 0.6) is 0 Å². The molecule has 0 aliphatic heterocycles. The first kappa shape index (κ1) is 18.5. The van der Waals surface area contributed by atoms with Crippen LogP contribution in [-0.4, -0.2) is 46.8 Å². The zero-order valence-electron chi connectivity index (χ0n) is 13.5. The fraction of sp³-hybridized carbons (Fsp3) is 0.462. The summed E-state index contributed by atoms with van der Waals surface area (Å²) in [6.45, 7) is 5.62. The minimum Gasteiger partial charge on any atom is -0.391 e. The van der Waals surface area contributed by atoms with E-state index in [4.69, 9.17) is 5.26 Å². The number of rotatable bonds is 4. The molecule has 10 heteroatoms. The molecule has 0 atom stereocenters. The number of hydrogen-bond acceptors (Lipinski definition) is 8. The van der Waals surface area contributed by atoms with Gasteiger partial charge in [-0.15, -0.1) is 0 Å². The third kappa shape index (κ3) is 4.23. The summed E-state index contributed by atoms with van der Waals surface area (Å²) < 4.78 is 4.46. The maximum Gasteiger partial charge on any atom is 0.355 e. The molecule has 1 rings (SSSR count). The van der Waals surface area contributed by atoms with Gasteiger partial charge >= 0.3 is 5.97 Å². The lowest BCUT2D eigenvalue weighted by Crippen LogP contribution is -2.29. The number of H-pyrrole nitrogens is 1. The van der Waals surface area contributed by atoms with Gasteiger partial charge in [0.05, 0.1) is 5.69 Å². The standard InChI is InChI=1S/C13H18N6O3S/c1-13(2,3)9-8(12(21)22-23)10(18-16-9)17-15-7(6-14)11(20)19(4)5/h23H,1-5H3,(H2,16,17,18). The summed E-state index contributed by atoms with van der Waals surface area (Å²) in [4.78, 5) is 24.9. The number of amides is 1. The number of aromatic nitrogens is 2. The van der Waals surface area contributed by atoms with Crippen molar-refractivity contribution in [3.63, 3.8) is 0 Å². The Hall–Kier alpha value is -2.54. The number of anilines is 1. The first-order valence-electron chi connectivity index (χ1n) is 6.53. The Kier molecular flexibility index (Phi) is 5.75. The highest BCUT2D eigenvalue weighted by molar-refractivity contribution is 7.75. The number of aromatic amines is 1. The molecule has 124 valence electrons. The summed E-state index contributed by atoms with van der Waals surface area (Å²) in [5, 5.41) is 19.4. The van der Waals surface area contributed by atoms with Gasteiger partial charge in [0.25, 0.3) is 5.91 Å². The Morgan fingerprint density at radius 3 is 2.48 bits per heavy atom. The van der Waals surface area contributed by atoms with Gasteiger partial charge in [0.1, 0.15) is 11.6 Å². The summed E-state index contributed by atoms with van der Waals surface area (Å²) in [5.74, 6) is -1.28. The SMILES string of the molecule is CN(C)C(=O)C(C#N)=NNc1n[nH]c(C(C)(C)C)c1C(=O)OS. The fourth-order valence-corrected chi connectivity index (χ4v) is 1.74. The number of carbonyl (C=O) groups excluding carboxylic acids is 2. The van der Waals surface area contributed by atoms with E-state index in [9.17, 15) is 9.59 Å². The minimum atomic E-state index is -0.734. The molecule has 0 aliphatic carbocycles. The minimum absolute atomic E-state index is 0.0354. The van der Waals surface area contributed by atoms with Crippen LogP contribution in [0, 0.1) is 11.3 Å². The van der Waals surface area contributed by atoms with Crippen LogP contribution in [-0.2, 0) is 14.4 Å². The summed E-state index contributed by atoms with van der Waals surface area (Å²) >= 11 is 3.51. The first-order chi connectivity index (χ1) is 10.6. The zero-order chi connectivity index (χ0) is 17.8. The highest BCUT2D eigenvalue weighted by Gasteiger charge is 2.29. The van der Waals surface area contributed by atoms with E-state index >= 15 is 0 Å². The number of hydrazone groups is 1. The molecule has 0 aromatic carbocycles. The van der Waals surface area contributed by atoms with Gasteiger partial charge in [-0.25, -0.2) is 4.79 Å². The Morgan fingerprint density at radius 2 is 2.04 bits per heavy atom. The number of carbonyl (C=O) groups is 2. The van der Waals surface area contributed by atoms with Crippen molar-refractivity contribution in [3.05, 3.63) is 11.3 Å². The normalized spacial score (nSPS) is 11.6. The average Bonchev–Trinajstić information content (AvgIpc) is 2.90. The number of nitrogens with one attached hydrogen (secondary N) is 2. The van der Waals surface area contributed by atoms with Crippen molar-refractivity contribution in [2.75, 3.05) is 19.5 Å². The molecule has 2 N–H and O–H groups in total. The predicted octanol–water partition coefficient (Wildman–Crippen LogP) is 1.09. The first-order valence-corrected chi connectivity index (χ1v) is 6.90. The van der Waals surface area contributed by atoms with Crippen LogP contribution in [0.25, 0.3) is 0 Å². The number of nitrogens with zero attached hydrogens (tertiary/aromatic N) is 4. The van der Waals surface area contributed by atoms with Crippen LogP contribution in [0.15, 0.2) is 5.10 Å². The average molecular weight is 338 g/mol. The van der Waals surface area contributed by atoms with Crippen molar-refractivity contribution in [1.29, 1.82) is 5.26 Å². The molecule has 0 spiro atoms. The predicted molar refractivity (Wildman–Crippen MR) is 87.1 cm³/mol. The molecule has 0 aliphatic rings. The Labute approximate surface area is 139 Å².